The van der Waals surface area contributed by atoms with E-state index in [0.717, 1.165) is 26.5 Å². The highest BCUT2D eigenvalue weighted by Gasteiger charge is 2.47. The molecule has 3 saturated heterocycles. The SMILES string of the molecule is CCCC[C@H]1C(=O)N2CCC[C@@H]2C(=O)N[C@@H](COC=O)C(=O)N[C@@H](C(C)C)C(=O)N(C)[C@@H](Cc2ccccc2)C(=O)N[C@@H](Cc2ccc(O)cc2)C(=O)N2CSC[C@@H]2C(=O)N[C@@H](Cc2c[nH]c3ccccc23)C(=O)N[C@@H](Cc2ccc(O)cc2)C(=O)N[C@@H](CC(C)C)C(=O)N[C@H](C(=O)NCC(N)=O)CSCC(=O)N[C@@H](Cc2cc(F)c(F)c(F)c2)C(=O)N(C)[C@@H](Cc2ccccc2)C(=O)N1C. The van der Waals surface area contributed by atoms with Crippen molar-refractivity contribution in [2.45, 2.75) is 190 Å². The van der Waals surface area contributed by atoms with Gasteiger partial charge in [0.05, 0.1) is 18.2 Å². The van der Waals surface area contributed by atoms with Crippen LogP contribution in [0.1, 0.15) is 107 Å². The number of thioether (sulfide) groups is 2. The number of nitrogens with two attached hydrogens (primary N) is 1. The maximum Gasteiger partial charge on any atom is 0.293 e. The number of halogens is 3. The van der Waals surface area contributed by atoms with Crippen LogP contribution in [0.4, 0.5) is 13.2 Å². The first kappa shape index (κ1) is 105. The second kappa shape index (κ2) is 49.6. The molecule has 0 unspecified atom stereocenters. The number of rotatable bonds is 24. The molecule has 3 fully saturated rings. The number of fused-ring (bicyclic) bond motifs is 3. The van der Waals surface area contributed by atoms with Crippen molar-refractivity contribution in [3.8, 4) is 11.5 Å². The minimum Gasteiger partial charge on any atom is -0.508 e. The third-order valence-corrected chi connectivity index (χ3v) is 26.0. The van der Waals surface area contributed by atoms with Crippen LogP contribution in [0, 0.1) is 29.3 Å². The normalized spacial score (nSPS) is 23.3. The van der Waals surface area contributed by atoms with Gasteiger partial charge in [-0.25, -0.2) is 13.2 Å². The summed E-state index contributed by atoms with van der Waals surface area (Å²) in [5.41, 5.74) is 8.02. The van der Waals surface area contributed by atoms with E-state index in [2.05, 4.69) is 52.8 Å². The smallest absolute Gasteiger partial charge is 0.293 e. The minimum absolute atomic E-state index is 0.000617. The number of hydrogen-bond donors (Lipinski definition) is 13. The Balaban J connectivity index is 1.06. The number of para-hydroxylation sites is 1. The van der Waals surface area contributed by atoms with Crippen molar-refractivity contribution in [2.24, 2.45) is 17.6 Å². The molecule has 4 heterocycles. The number of hydrogen-bond acceptors (Lipinski definition) is 21. The molecule has 728 valence electrons. The second-order valence-electron chi connectivity index (χ2n) is 34.8. The molecule has 1 aromatic heterocycles. The van der Waals surface area contributed by atoms with Gasteiger partial charge in [-0.2, -0.15) is 0 Å². The first-order valence-corrected chi connectivity index (χ1v) is 47.1. The summed E-state index contributed by atoms with van der Waals surface area (Å²) in [5.74, 6) is -22.2. The number of ether oxygens (including phenoxy) is 1. The molecule has 0 radical (unpaired) electrons. The van der Waals surface area contributed by atoms with E-state index in [9.17, 15) is 43.4 Å². The quantitative estimate of drug-likeness (QED) is 0.0304. The maximum atomic E-state index is 15.8. The van der Waals surface area contributed by atoms with Gasteiger partial charge in [-0.05, 0) is 113 Å². The van der Waals surface area contributed by atoms with Crippen molar-refractivity contribution < 1.29 is 105 Å². The van der Waals surface area contributed by atoms with Gasteiger partial charge in [0.25, 0.3) is 6.47 Å². The Morgan fingerprint density at radius 3 is 1.64 bits per heavy atom. The fourth-order valence-electron chi connectivity index (χ4n) is 16.5. The molecular formula is C96H117F3N16O19S2. The number of unbranched alkanes of at least 4 members (excludes halogenated alkanes) is 1. The molecule has 3 aliphatic rings. The summed E-state index contributed by atoms with van der Waals surface area (Å²) in [6, 6.07) is 15.9. The van der Waals surface area contributed by atoms with Crippen LogP contribution in [0.15, 0.2) is 152 Å². The van der Waals surface area contributed by atoms with Crippen LogP contribution in [0.3, 0.4) is 0 Å². The third kappa shape index (κ3) is 28.5. The number of likely N-dealkylation sites (N-methyl/N-ethyl adjacent to an activating group) is 3. The van der Waals surface area contributed by atoms with Gasteiger partial charge in [0.1, 0.15) is 96.6 Å². The summed E-state index contributed by atoms with van der Waals surface area (Å²) >= 11 is 1.84. The maximum absolute atomic E-state index is 15.8. The molecule has 15 amide bonds. The lowest BCUT2D eigenvalue weighted by atomic mass is 9.98. The van der Waals surface area contributed by atoms with Crippen LogP contribution in [-0.2, 0) is 120 Å². The number of aromatic nitrogens is 1. The van der Waals surface area contributed by atoms with E-state index in [1.165, 1.54) is 79.5 Å². The van der Waals surface area contributed by atoms with E-state index in [-0.39, 0.29) is 99.5 Å². The number of phenolic OH excluding ortho intramolecular Hbond substituents is 2. The first-order valence-electron chi connectivity index (χ1n) is 44.8. The highest BCUT2D eigenvalue weighted by molar-refractivity contribution is 8.00. The second-order valence-corrected chi connectivity index (χ2v) is 36.8. The number of nitrogens with one attached hydrogen (secondary N) is 10. The fraction of sp³-hybridized carbons (Fsp3) is 0.438. The Morgan fingerprint density at radius 2 is 1.04 bits per heavy atom. The van der Waals surface area contributed by atoms with Gasteiger partial charge in [-0.15, -0.1) is 23.5 Å². The van der Waals surface area contributed by atoms with Gasteiger partial charge >= 0.3 is 0 Å². The molecule has 0 aliphatic carbocycles. The Hall–Kier alpha value is -13.5. The predicted octanol–water partition coefficient (Wildman–Crippen LogP) is 3.42. The molecule has 10 rings (SSSR count). The van der Waals surface area contributed by atoms with Crippen molar-refractivity contribution in [1.82, 2.24) is 77.3 Å². The molecule has 40 heteroatoms. The average molecular weight is 1920 g/mol. The molecule has 0 saturated carbocycles. The lowest BCUT2D eigenvalue weighted by molar-refractivity contribution is -0.152. The van der Waals surface area contributed by atoms with Gasteiger partial charge in [0.2, 0.25) is 88.6 Å². The number of phenols is 2. The molecule has 14 N–H and O–H groups in total. The zero-order valence-electron chi connectivity index (χ0n) is 76.7. The van der Waals surface area contributed by atoms with Crippen molar-refractivity contribution in [3.05, 3.63) is 203 Å². The largest absolute Gasteiger partial charge is 0.508 e. The standard InChI is InChI=1S/C96H117F3N16O19S2/c1-9-10-26-76-95(132)114-36-19-27-75(114)89(126)108-73(48-134-53-116)88(125)110-83(55(4)5)96(133)112(7)77(43-56-20-13-11-14-21-56)90(127)107-72(41-59-30-34-63(118)35-31-59)93(130)115-52-136-50-79(115)91(128)106-70(45-61-46-101-67-25-18-17-24-64(61)67)87(124)105-69(40-58-28-32-62(117)33-29-58)86(123)104-68(37-54(2)3)85(122)109-74(84(121)102-47-80(100)119)49-135-51-81(120)103-71(42-60-38-65(97)82(99)66(98)39-60)92(129)113(8)78(94(131)111(76)6)44-57-22-15-12-16-23-57/h11-18,20-25,28-35,38-39,46,53-55,68-79,83,101,117-118H,9-10,19,26-27,36-37,40-45,47-52H2,1-8H3,(H2,100,119)(H,102,121)(H,103,120)(H,104,123)(H,105,124)(H,106,128)(H,107,127)(H,108,126)(H,109,122)(H,110,125)/t68-,69-,70-,71-,72-,73-,74-,75+,76-,77-,78-,79+,83-/m0/s1. The van der Waals surface area contributed by atoms with E-state index in [1.807, 2.05) is 6.92 Å². The zero-order chi connectivity index (χ0) is 98.7. The van der Waals surface area contributed by atoms with Crippen LogP contribution in [0.2, 0.25) is 0 Å². The van der Waals surface area contributed by atoms with Gasteiger partial charge < -0.3 is 98.0 Å². The van der Waals surface area contributed by atoms with E-state index in [4.69, 9.17) is 10.5 Å². The third-order valence-electron chi connectivity index (χ3n) is 24.0. The zero-order valence-corrected chi connectivity index (χ0v) is 78.3. The molecule has 6 aromatic carbocycles. The highest BCUT2D eigenvalue weighted by atomic mass is 32.2. The summed E-state index contributed by atoms with van der Waals surface area (Å²) in [6.07, 6.45) is 0.304. The monoisotopic (exact) mass is 1920 g/mol. The predicted molar refractivity (Wildman–Crippen MR) is 499 cm³/mol. The van der Waals surface area contributed by atoms with Gasteiger partial charge in [0, 0.05) is 94.8 Å². The number of primary amides is 1. The summed E-state index contributed by atoms with van der Waals surface area (Å²) in [7, 11) is 3.83. The number of nitrogens with zero attached hydrogens (tertiary/aromatic N) is 5. The van der Waals surface area contributed by atoms with Gasteiger partial charge in [0.15, 0.2) is 17.5 Å². The molecule has 35 nitrogen and oxygen atoms in total. The van der Waals surface area contributed by atoms with Crippen molar-refractivity contribution >= 4 is 130 Å². The summed E-state index contributed by atoms with van der Waals surface area (Å²) in [4.78, 5) is 247. The van der Waals surface area contributed by atoms with Crippen LogP contribution in [-0.4, -0.2) is 277 Å². The van der Waals surface area contributed by atoms with E-state index < -0.39 is 228 Å². The van der Waals surface area contributed by atoms with E-state index in [1.54, 1.807) is 119 Å². The Labute approximate surface area is 793 Å². The summed E-state index contributed by atoms with van der Waals surface area (Å²) in [5, 5.41) is 45.6. The topological polar surface area (TPSA) is 489 Å². The van der Waals surface area contributed by atoms with Crippen molar-refractivity contribution in [2.75, 3.05) is 64.0 Å². The van der Waals surface area contributed by atoms with Crippen molar-refractivity contribution in [3.63, 3.8) is 0 Å². The molecule has 7 aromatic rings. The Bertz CT molecular complexity index is 5410. The molecule has 3 aliphatic heterocycles. The van der Waals surface area contributed by atoms with Crippen molar-refractivity contribution in [1.29, 1.82) is 0 Å². The highest BCUT2D eigenvalue weighted by Crippen LogP contribution is 2.30. The van der Waals surface area contributed by atoms with Gasteiger partial charge in [-0.3, -0.25) is 76.7 Å². The number of amides is 15. The van der Waals surface area contributed by atoms with E-state index in [0.29, 0.717) is 75.5 Å². The average Bonchev–Trinajstić information content (AvgIpc) is 1.54. The lowest BCUT2D eigenvalue weighted by Crippen LogP contribution is -2.62. The van der Waals surface area contributed by atoms with Crippen LogP contribution in [0.5, 0.6) is 11.5 Å². The minimum atomic E-state index is -1.86. The number of carbonyl (C=O) groups is 16. The van der Waals surface area contributed by atoms with Crippen LogP contribution < -0.4 is 53.6 Å². The number of benzene rings is 6. The first-order chi connectivity index (χ1) is 64.9. The number of H-pyrrole nitrogens is 1. The number of aromatic amines is 1. The Morgan fingerprint density at radius 1 is 0.522 bits per heavy atom. The molecule has 13 atom stereocenters. The Kier molecular flexibility index (Phi) is 38.2. The summed E-state index contributed by atoms with van der Waals surface area (Å²) < 4.78 is 50.3. The fourth-order valence-corrected chi connectivity index (χ4v) is 18.5. The molecule has 0 bridgehead atoms. The van der Waals surface area contributed by atoms with Crippen LogP contribution in [0.25, 0.3) is 10.9 Å². The van der Waals surface area contributed by atoms with Crippen LogP contribution >= 0.6 is 23.5 Å². The lowest BCUT2D eigenvalue weighted by Gasteiger charge is -2.38. The summed E-state index contributed by atoms with van der Waals surface area (Å²) in [6.45, 7) is 6.79. The van der Waals surface area contributed by atoms with E-state index >= 15 is 56.7 Å². The molecule has 0 spiro atoms. The number of carbonyl (C=O) groups excluding carboxylic acids is 16. The van der Waals surface area contributed by atoms with Gasteiger partial charge in [-0.1, -0.05) is 151 Å². The number of aromatic hydroxyl groups is 2. The molecular weight excluding hydrogens is 1800 g/mol. The molecule has 136 heavy (non-hydrogen) atoms.